The molecule has 4 nitrogen and oxygen atoms in total. The van der Waals surface area contributed by atoms with E-state index in [0.29, 0.717) is 11.8 Å². The molecule has 0 radical (unpaired) electrons. The molecule has 0 spiro atoms. The van der Waals surface area contributed by atoms with Crippen LogP contribution in [0.4, 0.5) is 0 Å². The Bertz CT molecular complexity index is 493. The summed E-state index contributed by atoms with van der Waals surface area (Å²) in [6, 6.07) is 4.14. The molecule has 2 N–H and O–H groups in total. The second kappa shape index (κ2) is 7.55. The molecule has 1 atom stereocenters. The Morgan fingerprint density at radius 1 is 1.35 bits per heavy atom. The maximum absolute atomic E-state index is 5.67. The van der Waals surface area contributed by atoms with E-state index >= 15 is 0 Å². The van der Waals surface area contributed by atoms with Crippen LogP contribution in [0.2, 0.25) is 0 Å². The molecule has 20 heavy (non-hydrogen) atoms. The first-order valence-corrected chi connectivity index (χ1v) is 8.11. The van der Waals surface area contributed by atoms with Crippen LogP contribution in [0, 0.1) is 11.8 Å². The summed E-state index contributed by atoms with van der Waals surface area (Å²) in [5.74, 6) is 2.81. The molecule has 2 heterocycles. The normalized spacial score (nSPS) is 13.0. The van der Waals surface area contributed by atoms with Crippen LogP contribution in [-0.4, -0.2) is 16.7 Å². The van der Waals surface area contributed by atoms with E-state index in [9.17, 15) is 0 Å². The average Bonchev–Trinajstić information content (AvgIpc) is 3.06. The third-order valence-corrected chi connectivity index (χ3v) is 4.51. The maximum atomic E-state index is 5.67. The van der Waals surface area contributed by atoms with E-state index in [0.717, 1.165) is 43.9 Å². The predicted octanol–water partition coefficient (Wildman–Crippen LogP) is 3.28. The van der Waals surface area contributed by atoms with Crippen molar-refractivity contribution in [2.45, 2.75) is 39.5 Å². The molecule has 0 saturated heterocycles. The molecule has 0 aliphatic rings. The van der Waals surface area contributed by atoms with Crippen molar-refractivity contribution in [1.29, 1.82) is 0 Å². The third-order valence-electron chi connectivity index (χ3n) is 3.63. The van der Waals surface area contributed by atoms with E-state index in [2.05, 4.69) is 35.4 Å². The molecule has 0 amide bonds. The number of nitrogens with zero attached hydrogens (tertiary/aromatic N) is 2. The molecule has 2 rings (SSSR count). The Morgan fingerprint density at radius 3 is 2.85 bits per heavy atom. The van der Waals surface area contributed by atoms with Gasteiger partial charge in [-0.1, -0.05) is 25.1 Å². The fourth-order valence-corrected chi connectivity index (χ4v) is 3.07. The lowest BCUT2D eigenvalue weighted by Crippen LogP contribution is -2.15. The van der Waals surface area contributed by atoms with Crippen LogP contribution in [0.3, 0.4) is 0 Å². The number of hydrogen-bond acceptors (Lipinski definition) is 5. The van der Waals surface area contributed by atoms with Gasteiger partial charge in [0.1, 0.15) is 0 Å². The summed E-state index contributed by atoms with van der Waals surface area (Å²) >= 11 is 1.72. The number of aryl methyl sites for hydroxylation is 1. The number of aromatic nitrogens is 2. The first-order chi connectivity index (χ1) is 9.69. The predicted molar refractivity (Wildman–Crippen MR) is 81.7 cm³/mol. The molecule has 0 aliphatic carbocycles. The topological polar surface area (TPSA) is 64.9 Å². The lowest BCUT2D eigenvalue weighted by atomic mass is 9.88. The zero-order chi connectivity index (χ0) is 14.4. The van der Waals surface area contributed by atoms with Gasteiger partial charge in [0.05, 0.1) is 0 Å². The summed E-state index contributed by atoms with van der Waals surface area (Å²) in [6.07, 6.45) is 3.74. The minimum absolute atomic E-state index is 0.632. The van der Waals surface area contributed by atoms with Crippen LogP contribution in [0.15, 0.2) is 22.0 Å². The first-order valence-electron chi connectivity index (χ1n) is 7.23. The van der Waals surface area contributed by atoms with Crippen molar-refractivity contribution in [2.75, 3.05) is 6.54 Å². The largest absolute Gasteiger partial charge is 0.339 e. The number of hydrogen-bond donors (Lipinski definition) is 1. The van der Waals surface area contributed by atoms with Crippen LogP contribution < -0.4 is 5.73 Å². The fourth-order valence-electron chi connectivity index (χ4n) is 2.37. The Balaban J connectivity index is 1.86. The van der Waals surface area contributed by atoms with E-state index in [1.165, 1.54) is 4.88 Å². The van der Waals surface area contributed by atoms with Gasteiger partial charge in [-0.2, -0.15) is 4.98 Å². The summed E-state index contributed by atoms with van der Waals surface area (Å²) < 4.78 is 5.33. The second-order valence-corrected chi connectivity index (χ2v) is 6.51. The molecule has 0 bridgehead atoms. The Morgan fingerprint density at radius 2 is 2.20 bits per heavy atom. The van der Waals surface area contributed by atoms with Crippen molar-refractivity contribution in [3.63, 3.8) is 0 Å². The SMILES string of the molecule is CC(C)C(CCN)CCc1nc(Cc2cccs2)no1. The van der Waals surface area contributed by atoms with Crippen molar-refractivity contribution >= 4 is 11.3 Å². The molecule has 5 heteroatoms. The highest BCUT2D eigenvalue weighted by atomic mass is 32.1. The van der Waals surface area contributed by atoms with Crippen molar-refractivity contribution in [2.24, 2.45) is 17.6 Å². The minimum atomic E-state index is 0.632. The molecule has 0 saturated carbocycles. The lowest BCUT2D eigenvalue weighted by Gasteiger charge is -2.18. The molecule has 2 aromatic rings. The molecule has 1 unspecified atom stereocenters. The average molecular weight is 293 g/mol. The van der Waals surface area contributed by atoms with E-state index < -0.39 is 0 Å². The van der Waals surface area contributed by atoms with E-state index in [1.807, 2.05) is 6.07 Å². The third kappa shape index (κ3) is 4.42. The van der Waals surface area contributed by atoms with Crippen LogP contribution in [0.25, 0.3) is 0 Å². The highest BCUT2D eigenvalue weighted by Crippen LogP contribution is 2.21. The van der Waals surface area contributed by atoms with E-state index in [4.69, 9.17) is 10.3 Å². The quantitative estimate of drug-likeness (QED) is 0.811. The van der Waals surface area contributed by atoms with Crippen molar-refractivity contribution < 1.29 is 4.52 Å². The number of nitrogens with two attached hydrogens (primary N) is 1. The van der Waals surface area contributed by atoms with Gasteiger partial charge in [-0.25, -0.2) is 0 Å². The summed E-state index contributed by atoms with van der Waals surface area (Å²) in [7, 11) is 0. The van der Waals surface area contributed by atoms with Gasteiger partial charge in [0.25, 0.3) is 0 Å². The van der Waals surface area contributed by atoms with Gasteiger partial charge in [-0.3, -0.25) is 0 Å². The number of rotatable bonds is 8. The van der Waals surface area contributed by atoms with Gasteiger partial charge in [0.15, 0.2) is 5.82 Å². The van der Waals surface area contributed by atoms with Gasteiger partial charge >= 0.3 is 0 Å². The van der Waals surface area contributed by atoms with Gasteiger partial charge in [0.2, 0.25) is 5.89 Å². The smallest absolute Gasteiger partial charge is 0.226 e. The highest BCUT2D eigenvalue weighted by molar-refractivity contribution is 7.09. The van der Waals surface area contributed by atoms with Crippen molar-refractivity contribution in [1.82, 2.24) is 10.1 Å². The molecule has 2 aromatic heterocycles. The Kier molecular flexibility index (Phi) is 5.73. The van der Waals surface area contributed by atoms with Crippen molar-refractivity contribution in [3.05, 3.63) is 34.1 Å². The van der Waals surface area contributed by atoms with Crippen molar-refractivity contribution in [3.8, 4) is 0 Å². The monoisotopic (exact) mass is 293 g/mol. The molecule has 0 aromatic carbocycles. The standard InChI is InChI=1S/C15H23N3OS/c1-11(2)12(7-8-16)5-6-15-17-14(18-19-15)10-13-4-3-9-20-13/h3-4,9,11-12H,5-8,10,16H2,1-2H3. The number of thiophene rings is 1. The zero-order valence-corrected chi connectivity index (χ0v) is 13.0. The molecular formula is C15H23N3OS. The molecule has 0 aliphatic heterocycles. The summed E-state index contributed by atoms with van der Waals surface area (Å²) in [6.45, 7) is 5.24. The van der Waals surface area contributed by atoms with Gasteiger partial charge in [-0.05, 0) is 42.7 Å². The van der Waals surface area contributed by atoms with Crippen LogP contribution >= 0.6 is 11.3 Å². The minimum Gasteiger partial charge on any atom is -0.339 e. The molecule has 110 valence electrons. The Labute approximate surface area is 124 Å². The van der Waals surface area contributed by atoms with E-state index in [1.54, 1.807) is 11.3 Å². The highest BCUT2D eigenvalue weighted by Gasteiger charge is 2.15. The fraction of sp³-hybridized carbons (Fsp3) is 0.600. The molecular weight excluding hydrogens is 270 g/mol. The van der Waals surface area contributed by atoms with Crippen LogP contribution in [0.5, 0.6) is 0 Å². The molecule has 0 fully saturated rings. The summed E-state index contributed by atoms with van der Waals surface area (Å²) in [4.78, 5) is 5.74. The van der Waals surface area contributed by atoms with Gasteiger partial charge < -0.3 is 10.3 Å². The van der Waals surface area contributed by atoms with Gasteiger partial charge in [0, 0.05) is 17.7 Å². The maximum Gasteiger partial charge on any atom is 0.226 e. The Hall–Kier alpha value is -1.20. The van der Waals surface area contributed by atoms with Gasteiger partial charge in [-0.15, -0.1) is 11.3 Å². The summed E-state index contributed by atoms with van der Waals surface area (Å²) in [5.41, 5.74) is 5.67. The second-order valence-electron chi connectivity index (χ2n) is 5.48. The summed E-state index contributed by atoms with van der Waals surface area (Å²) in [5, 5.41) is 6.12. The zero-order valence-electron chi connectivity index (χ0n) is 12.2. The van der Waals surface area contributed by atoms with E-state index in [-0.39, 0.29) is 0 Å². The van der Waals surface area contributed by atoms with Crippen LogP contribution in [-0.2, 0) is 12.8 Å². The van der Waals surface area contributed by atoms with Crippen LogP contribution in [0.1, 0.15) is 43.3 Å². The lowest BCUT2D eigenvalue weighted by molar-refractivity contribution is 0.313. The first kappa shape index (κ1) is 15.2.